The maximum atomic E-state index is 13.0. The number of hydrogen-bond donors (Lipinski definition) is 0. The van der Waals surface area contributed by atoms with E-state index in [2.05, 4.69) is 25.8 Å². The Morgan fingerprint density at radius 1 is 0.929 bits per heavy atom. The van der Waals surface area contributed by atoms with Crippen LogP contribution in [0.5, 0.6) is 5.75 Å². The Morgan fingerprint density at radius 3 is 2.21 bits per heavy atom. The first kappa shape index (κ1) is 19.2. The first-order valence-electron chi connectivity index (χ1n) is 10.0. The van der Waals surface area contributed by atoms with Crippen LogP contribution in [0.25, 0.3) is 0 Å². The third kappa shape index (κ3) is 4.66. The zero-order chi connectivity index (χ0) is 19.3. The van der Waals surface area contributed by atoms with Crippen molar-refractivity contribution in [2.24, 2.45) is 5.92 Å². The third-order valence-electron chi connectivity index (χ3n) is 5.74. The van der Waals surface area contributed by atoms with Crippen LogP contribution in [0.4, 0.5) is 5.69 Å². The summed E-state index contributed by atoms with van der Waals surface area (Å²) in [6.07, 6.45) is 7.50. The van der Waals surface area contributed by atoms with Crippen molar-refractivity contribution in [3.05, 3.63) is 53.3 Å². The lowest BCUT2D eigenvalue weighted by Crippen LogP contribution is -2.47. The van der Waals surface area contributed by atoms with Gasteiger partial charge in [-0.05, 0) is 49.2 Å². The molecule has 2 fully saturated rings. The molecule has 1 amide bonds. The van der Waals surface area contributed by atoms with E-state index in [1.54, 1.807) is 0 Å². The Kier molecular flexibility index (Phi) is 6.15. The summed E-state index contributed by atoms with van der Waals surface area (Å²) in [6, 6.07) is 12.0. The van der Waals surface area contributed by atoms with E-state index in [1.807, 2.05) is 53.7 Å². The summed E-state index contributed by atoms with van der Waals surface area (Å²) >= 11 is 3.44. The highest BCUT2D eigenvalue weighted by Crippen LogP contribution is 2.26. The second-order valence-corrected chi connectivity index (χ2v) is 8.48. The molecule has 0 bridgehead atoms. The maximum Gasteiger partial charge on any atom is 0.225 e. The Bertz CT molecular complexity index is 768. The molecule has 2 aromatic rings. The minimum atomic E-state index is 0.155. The van der Waals surface area contributed by atoms with E-state index in [-0.39, 0.29) is 12.0 Å². The van der Waals surface area contributed by atoms with Crippen LogP contribution < -0.4 is 9.64 Å². The molecular weight excluding hydrogens is 418 g/mol. The van der Waals surface area contributed by atoms with Gasteiger partial charge in [0.05, 0.1) is 0 Å². The van der Waals surface area contributed by atoms with Crippen molar-refractivity contribution in [1.82, 2.24) is 9.88 Å². The van der Waals surface area contributed by atoms with Crippen LogP contribution in [-0.2, 0) is 4.79 Å². The van der Waals surface area contributed by atoms with Crippen LogP contribution in [-0.4, -0.2) is 48.1 Å². The molecule has 1 aromatic carbocycles. The van der Waals surface area contributed by atoms with E-state index in [0.717, 1.165) is 62.1 Å². The molecule has 0 N–H and O–H groups in total. The molecular formula is C22H26BrN3O2. The Hall–Kier alpha value is -2.08. The number of aromatic nitrogens is 1. The summed E-state index contributed by atoms with van der Waals surface area (Å²) in [5.41, 5.74) is 1.20. The molecule has 1 aromatic heterocycles. The number of nitrogens with zero attached hydrogens (tertiary/aromatic N) is 3. The molecule has 5 nitrogen and oxygen atoms in total. The van der Waals surface area contributed by atoms with E-state index in [0.29, 0.717) is 5.91 Å². The van der Waals surface area contributed by atoms with Crippen LogP contribution in [0.1, 0.15) is 25.7 Å². The van der Waals surface area contributed by atoms with Crippen LogP contribution in [0.3, 0.4) is 0 Å². The minimum absolute atomic E-state index is 0.155. The van der Waals surface area contributed by atoms with Gasteiger partial charge >= 0.3 is 0 Å². The van der Waals surface area contributed by atoms with Crippen LogP contribution in [0.2, 0.25) is 0 Å². The fourth-order valence-corrected chi connectivity index (χ4v) is 4.36. The van der Waals surface area contributed by atoms with E-state index in [9.17, 15) is 4.79 Å². The number of carbonyl (C=O) groups is 1. The quantitative estimate of drug-likeness (QED) is 0.712. The highest BCUT2D eigenvalue weighted by atomic mass is 79.9. The summed E-state index contributed by atoms with van der Waals surface area (Å²) < 4.78 is 7.13. The highest BCUT2D eigenvalue weighted by Gasteiger charge is 2.31. The number of benzene rings is 1. The van der Waals surface area contributed by atoms with Crippen molar-refractivity contribution in [2.75, 3.05) is 31.1 Å². The largest absolute Gasteiger partial charge is 0.490 e. The Morgan fingerprint density at radius 2 is 1.57 bits per heavy atom. The zero-order valence-electron chi connectivity index (χ0n) is 16.0. The molecule has 6 heteroatoms. The zero-order valence-corrected chi connectivity index (χ0v) is 17.6. The van der Waals surface area contributed by atoms with Crippen molar-refractivity contribution in [3.63, 3.8) is 0 Å². The number of pyridine rings is 1. The summed E-state index contributed by atoms with van der Waals surface area (Å²) in [5, 5.41) is 0. The molecule has 2 aliphatic heterocycles. The number of ether oxygens (including phenoxy) is 1. The van der Waals surface area contributed by atoms with E-state index >= 15 is 0 Å². The van der Waals surface area contributed by atoms with Crippen molar-refractivity contribution >= 4 is 27.5 Å². The normalized spacial score (nSPS) is 18.9. The molecule has 2 aliphatic rings. The van der Waals surface area contributed by atoms with Crippen LogP contribution in [0.15, 0.2) is 53.3 Å². The molecule has 2 saturated heterocycles. The van der Waals surface area contributed by atoms with Crippen molar-refractivity contribution in [1.29, 1.82) is 0 Å². The number of hydrogen-bond acceptors (Lipinski definition) is 4. The number of amides is 1. The molecule has 28 heavy (non-hydrogen) atoms. The predicted molar refractivity (Wildman–Crippen MR) is 114 cm³/mol. The Labute approximate surface area is 174 Å². The second kappa shape index (κ2) is 8.95. The molecule has 0 saturated carbocycles. The topological polar surface area (TPSA) is 45.7 Å². The summed E-state index contributed by atoms with van der Waals surface area (Å²) in [4.78, 5) is 21.4. The molecule has 0 unspecified atom stereocenters. The first-order valence-corrected chi connectivity index (χ1v) is 10.8. The molecule has 3 heterocycles. The van der Waals surface area contributed by atoms with E-state index in [4.69, 9.17) is 4.74 Å². The summed E-state index contributed by atoms with van der Waals surface area (Å²) in [6.45, 7) is 3.46. The number of piperidine rings is 2. The Balaban J connectivity index is 1.24. The first-order chi connectivity index (χ1) is 13.7. The van der Waals surface area contributed by atoms with Gasteiger partial charge in [-0.15, -0.1) is 0 Å². The minimum Gasteiger partial charge on any atom is -0.490 e. The fraction of sp³-hybridized carbons (Fsp3) is 0.455. The SMILES string of the molecule is O=C(C1CCN(c2ccncc2)CC1)N1CCC(Oc2ccc(Br)cc2)CC1. The van der Waals surface area contributed by atoms with Gasteiger partial charge in [-0.3, -0.25) is 9.78 Å². The van der Waals surface area contributed by atoms with Gasteiger partial charge in [0.1, 0.15) is 11.9 Å². The van der Waals surface area contributed by atoms with Crippen LogP contribution >= 0.6 is 15.9 Å². The number of halogens is 1. The average molecular weight is 444 g/mol. The van der Waals surface area contributed by atoms with Gasteiger partial charge in [0, 0.05) is 67.5 Å². The van der Waals surface area contributed by atoms with Gasteiger partial charge in [-0.1, -0.05) is 15.9 Å². The molecule has 0 aliphatic carbocycles. The molecule has 4 rings (SSSR count). The van der Waals surface area contributed by atoms with Gasteiger partial charge in [0.15, 0.2) is 0 Å². The average Bonchev–Trinajstić information content (AvgIpc) is 2.76. The lowest BCUT2D eigenvalue weighted by Gasteiger charge is -2.38. The van der Waals surface area contributed by atoms with Crippen molar-refractivity contribution in [2.45, 2.75) is 31.8 Å². The molecule has 0 atom stereocenters. The predicted octanol–water partition coefficient (Wildman–Crippen LogP) is 4.13. The number of likely N-dealkylation sites (tertiary alicyclic amines) is 1. The van der Waals surface area contributed by atoms with Gasteiger partial charge in [0.25, 0.3) is 0 Å². The third-order valence-corrected chi connectivity index (χ3v) is 6.27. The fourth-order valence-electron chi connectivity index (χ4n) is 4.10. The van der Waals surface area contributed by atoms with Crippen LogP contribution in [0, 0.1) is 5.92 Å². The maximum absolute atomic E-state index is 13.0. The molecule has 0 spiro atoms. The second-order valence-electron chi connectivity index (χ2n) is 7.56. The van der Waals surface area contributed by atoms with Gasteiger partial charge in [-0.2, -0.15) is 0 Å². The highest BCUT2D eigenvalue weighted by molar-refractivity contribution is 9.10. The number of carbonyl (C=O) groups excluding carboxylic acids is 1. The van der Waals surface area contributed by atoms with Crippen molar-refractivity contribution in [3.8, 4) is 5.75 Å². The smallest absolute Gasteiger partial charge is 0.225 e. The summed E-state index contributed by atoms with van der Waals surface area (Å²) in [5.74, 6) is 1.38. The molecule has 0 radical (unpaired) electrons. The van der Waals surface area contributed by atoms with E-state index < -0.39 is 0 Å². The number of rotatable bonds is 4. The van der Waals surface area contributed by atoms with E-state index in [1.165, 1.54) is 5.69 Å². The van der Waals surface area contributed by atoms with Crippen molar-refractivity contribution < 1.29 is 9.53 Å². The summed E-state index contributed by atoms with van der Waals surface area (Å²) in [7, 11) is 0. The molecule has 148 valence electrons. The van der Waals surface area contributed by atoms with Gasteiger partial charge < -0.3 is 14.5 Å². The van der Waals surface area contributed by atoms with Gasteiger partial charge in [0.2, 0.25) is 5.91 Å². The lowest BCUT2D eigenvalue weighted by atomic mass is 9.94. The lowest BCUT2D eigenvalue weighted by molar-refractivity contribution is -0.138. The van der Waals surface area contributed by atoms with Gasteiger partial charge in [-0.25, -0.2) is 0 Å². The standard InChI is InChI=1S/C22H26BrN3O2/c23-18-1-3-20(4-2-18)28-21-9-15-26(16-10-21)22(27)17-7-13-25(14-8-17)19-5-11-24-12-6-19/h1-6,11-12,17,21H,7-10,13-16H2. The number of anilines is 1. The monoisotopic (exact) mass is 443 g/mol.